The van der Waals surface area contributed by atoms with Crippen molar-refractivity contribution in [2.45, 2.75) is 6.42 Å². The molecule has 1 heterocycles. The van der Waals surface area contributed by atoms with E-state index in [-0.39, 0.29) is 18.1 Å². The number of halogens is 3. The fourth-order valence-electron chi connectivity index (χ4n) is 2.11. The van der Waals surface area contributed by atoms with Crippen LogP contribution in [0.1, 0.15) is 5.56 Å². The summed E-state index contributed by atoms with van der Waals surface area (Å²) in [5.74, 6) is -4.65. The van der Waals surface area contributed by atoms with Crippen molar-refractivity contribution in [3.8, 4) is 0 Å². The maximum Gasteiger partial charge on any atom is 0.309 e. The molecule has 0 saturated carbocycles. The van der Waals surface area contributed by atoms with Gasteiger partial charge in [-0.15, -0.1) is 0 Å². The Morgan fingerprint density at radius 3 is 2.75 bits per heavy atom. The van der Waals surface area contributed by atoms with Crippen molar-refractivity contribution in [3.63, 3.8) is 0 Å². The van der Waals surface area contributed by atoms with Gasteiger partial charge >= 0.3 is 5.97 Å². The molecule has 0 spiro atoms. The third-order valence-corrected chi connectivity index (χ3v) is 3.31. The molecule has 2 aromatic carbocycles. The SMILES string of the molecule is COC(=O)Cc1ccc2nc(Nc3ccc(F)c(F)c3F)oc2c1. The summed E-state index contributed by atoms with van der Waals surface area (Å²) in [6.45, 7) is 0. The Labute approximate surface area is 134 Å². The summed E-state index contributed by atoms with van der Waals surface area (Å²) in [6, 6.07) is 6.60. The zero-order chi connectivity index (χ0) is 17.3. The monoisotopic (exact) mass is 336 g/mol. The Morgan fingerprint density at radius 1 is 1.21 bits per heavy atom. The number of methoxy groups -OCH3 is 1. The minimum Gasteiger partial charge on any atom is -0.469 e. The quantitative estimate of drug-likeness (QED) is 0.581. The van der Waals surface area contributed by atoms with Crippen LogP contribution in [0, 0.1) is 17.5 Å². The van der Waals surface area contributed by atoms with Crippen molar-refractivity contribution in [2.24, 2.45) is 0 Å². The molecule has 3 aromatic rings. The van der Waals surface area contributed by atoms with Crippen LogP contribution < -0.4 is 5.32 Å². The molecule has 24 heavy (non-hydrogen) atoms. The lowest BCUT2D eigenvalue weighted by Crippen LogP contribution is -2.03. The molecule has 5 nitrogen and oxygen atoms in total. The molecular weight excluding hydrogens is 325 g/mol. The van der Waals surface area contributed by atoms with E-state index in [2.05, 4.69) is 15.0 Å². The van der Waals surface area contributed by atoms with Crippen molar-refractivity contribution < 1.29 is 27.1 Å². The van der Waals surface area contributed by atoms with Gasteiger partial charge in [-0.1, -0.05) is 6.07 Å². The molecule has 3 rings (SSSR count). The number of hydrogen-bond donors (Lipinski definition) is 1. The van der Waals surface area contributed by atoms with Crippen molar-refractivity contribution in [3.05, 3.63) is 53.3 Å². The maximum atomic E-state index is 13.7. The van der Waals surface area contributed by atoms with Gasteiger partial charge in [-0.25, -0.2) is 13.2 Å². The molecule has 0 radical (unpaired) electrons. The van der Waals surface area contributed by atoms with E-state index in [1.165, 1.54) is 7.11 Å². The number of benzene rings is 2. The molecule has 8 heteroatoms. The normalized spacial score (nSPS) is 10.8. The number of ether oxygens (including phenoxy) is 1. The molecule has 0 aliphatic heterocycles. The number of nitrogens with zero attached hydrogens (tertiary/aromatic N) is 1. The third-order valence-electron chi connectivity index (χ3n) is 3.31. The van der Waals surface area contributed by atoms with Gasteiger partial charge in [0, 0.05) is 0 Å². The highest BCUT2D eigenvalue weighted by Crippen LogP contribution is 2.26. The summed E-state index contributed by atoms with van der Waals surface area (Å²) in [5, 5.41) is 2.45. The van der Waals surface area contributed by atoms with Gasteiger partial charge in [0.15, 0.2) is 23.0 Å². The molecule has 1 aromatic heterocycles. The van der Waals surface area contributed by atoms with E-state index in [1.807, 2.05) is 0 Å². The highest BCUT2D eigenvalue weighted by molar-refractivity contribution is 5.79. The first-order chi connectivity index (χ1) is 11.5. The van der Waals surface area contributed by atoms with Gasteiger partial charge in [-0.2, -0.15) is 4.98 Å². The zero-order valence-electron chi connectivity index (χ0n) is 12.4. The van der Waals surface area contributed by atoms with E-state index < -0.39 is 23.4 Å². The van der Waals surface area contributed by atoms with Crippen molar-refractivity contribution in [1.82, 2.24) is 4.98 Å². The predicted octanol–water partition coefficient (Wildman–Crippen LogP) is 3.70. The molecule has 0 atom stereocenters. The van der Waals surface area contributed by atoms with Gasteiger partial charge in [0.2, 0.25) is 0 Å². The van der Waals surface area contributed by atoms with Gasteiger partial charge in [0.25, 0.3) is 6.01 Å². The Bertz CT molecular complexity index is 924. The lowest BCUT2D eigenvalue weighted by atomic mass is 10.1. The van der Waals surface area contributed by atoms with Crippen molar-refractivity contribution in [1.29, 1.82) is 0 Å². The maximum absolute atomic E-state index is 13.7. The second kappa shape index (κ2) is 6.23. The van der Waals surface area contributed by atoms with E-state index in [4.69, 9.17) is 4.42 Å². The van der Waals surface area contributed by atoms with Gasteiger partial charge < -0.3 is 14.5 Å². The van der Waals surface area contributed by atoms with E-state index in [1.54, 1.807) is 18.2 Å². The largest absolute Gasteiger partial charge is 0.469 e. The highest BCUT2D eigenvalue weighted by Gasteiger charge is 2.15. The molecule has 0 fully saturated rings. The van der Waals surface area contributed by atoms with Gasteiger partial charge in [0.1, 0.15) is 5.52 Å². The third kappa shape index (κ3) is 3.03. The first-order valence-corrected chi connectivity index (χ1v) is 6.84. The second-order valence-corrected chi connectivity index (χ2v) is 4.92. The Balaban J connectivity index is 1.88. The molecule has 0 saturated heterocycles. The summed E-state index contributed by atoms with van der Waals surface area (Å²) >= 11 is 0. The van der Waals surface area contributed by atoms with E-state index in [0.29, 0.717) is 16.7 Å². The first-order valence-electron chi connectivity index (χ1n) is 6.84. The molecular formula is C16H11F3N2O3. The zero-order valence-corrected chi connectivity index (χ0v) is 12.4. The average molecular weight is 336 g/mol. The molecule has 0 bridgehead atoms. The first kappa shape index (κ1) is 15.9. The Kier molecular flexibility index (Phi) is 4.11. The number of anilines is 2. The minimum atomic E-state index is -1.59. The van der Waals surface area contributed by atoms with Crippen LogP contribution >= 0.6 is 0 Å². The summed E-state index contributed by atoms with van der Waals surface area (Å²) in [5.41, 5.74) is 1.14. The summed E-state index contributed by atoms with van der Waals surface area (Å²) in [7, 11) is 1.29. The summed E-state index contributed by atoms with van der Waals surface area (Å²) in [6.07, 6.45) is 0.0632. The van der Waals surface area contributed by atoms with Crippen LogP contribution in [-0.4, -0.2) is 18.1 Å². The lowest BCUT2D eigenvalue weighted by molar-refractivity contribution is -0.139. The van der Waals surface area contributed by atoms with Crippen LogP contribution in [0.15, 0.2) is 34.7 Å². The topological polar surface area (TPSA) is 64.4 Å². The molecule has 0 aliphatic carbocycles. The lowest BCUT2D eigenvalue weighted by Gasteiger charge is -2.04. The fourth-order valence-corrected chi connectivity index (χ4v) is 2.11. The number of oxazole rings is 1. The van der Waals surface area contributed by atoms with Crippen LogP contribution in [0.4, 0.5) is 24.9 Å². The number of rotatable bonds is 4. The fraction of sp³-hybridized carbons (Fsp3) is 0.125. The van der Waals surface area contributed by atoms with E-state index in [9.17, 15) is 18.0 Å². The molecule has 0 amide bonds. The number of carbonyl (C=O) groups excluding carboxylic acids is 1. The van der Waals surface area contributed by atoms with Crippen LogP contribution in [0.5, 0.6) is 0 Å². The molecule has 0 aliphatic rings. The van der Waals surface area contributed by atoms with Crippen LogP contribution in [-0.2, 0) is 16.0 Å². The highest BCUT2D eigenvalue weighted by atomic mass is 19.2. The van der Waals surface area contributed by atoms with Crippen molar-refractivity contribution in [2.75, 3.05) is 12.4 Å². The number of carbonyl (C=O) groups is 1. The standard InChI is InChI=1S/C16H11F3N2O3/c1-23-13(22)7-8-2-4-10-12(6-8)24-16(20-10)21-11-5-3-9(17)14(18)15(11)19/h2-6H,7H2,1H3,(H,20,21). The minimum absolute atomic E-state index is 0.0632. The van der Waals surface area contributed by atoms with Crippen molar-refractivity contribution >= 4 is 28.8 Å². The second-order valence-electron chi connectivity index (χ2n) is 4.92. The van der Waals surface area contributed by atoms with E-state index >= 15 is 0 Å². The number of hydrogen-bond acceptors (Lipinski definition) is 5. The predicted molar refractivity (Wildman–Crippen MR) is 79.3 cm³/mol. The van der Waals surface area contributed by atoms with Crippen LogP contribution in [0.3, 0.4) is 0 Å². The van der Waals surface area contributed by atoms with Crippen LogP contribution in [0.2, 0.25) is 0 Å². The Morgan fingerprint density at radius 2 is 2.00 bits per heavy atom. The summed E-state index contributed by atoms with van der Waals surface area (Å²) < 4.78 is 49.8. The van der Waals surface area contributed by atoms with Crippen LogP contribution in [0.25, 0.3) is 11.1 Å². The molecule has 1 N–H and O–H groups in total. The van der Waals surface area contributed by atoms with E-state index in [0.717, 1.165) is 12.1 Å². The number of fused-ring (bicyclic) bond motifs is 1. The van der Waals surface area contributed by atoms with Gasteiger partial charge in [-0.3, -0.25) is 4.79 Å². The number of aromatic nitrogens is 1. The summed E-state index contributed by atoms with van der Waals surface area (Å²) in [4.78, 5) is 15.3. The van der Waals surface area contributed by atoms with Gasteiger partial charge in [-0.05, 0) is 29.8 Å². The molecule has 0 unspecified atom stereocenters. The van der Waals surface area contributed by atoms with Gasteiger partial charge in [0.05, 0.1) is 19.2 Å². The molecule has 124 valence electrons. The number of nitrogens with one attached hydrogen (secondary N) is 1. The average Bonchev–Trinajstić information content (AvgIpc) is 2.97. The Hall–Kier alpha value is -3.03. The number of esters is 1. The smallest absolute Gasteiger partial charge is 0.309 e.